The molecule has 0 saturated heterocycles. The van der Waals surface area contributed by atoms with Crippen molar-refractivity contribution in [2.24, 2.45) is 5.41 Å². The molecule has 0 bridgehead atoms. The zero-order chi connectivity index (χ0) is 13.1. The Labute approximate surface area is 111 Å². The van der Waals surface area contributed by atoms with Crippen molar-refractivity contribution in [1.82, 2.24) is 0 Å². The predicted octanol–water partition coefficient (Wildman–Crippen LogP) is 3.78. The van der Waals surface area contributed by atoms with E-state index in [0.717, 1.165) is 5.56 Å². The molecule has 1 aromatic carbocycles. The Kier molecular flexibility index (Phi) is 4.95. The van der Waals surface area contributed by atoms with E-state index in [2.05, 4.69) is 6.07 Å². The number of benzene rings is 1. The third-order valence-corrected chi connectivity index (χ3v) is 4.50. The lowest BCUT2D eigenvalue weighted by Crippen LogP contribution is -2.26. The van der Waals surface area contributed by atoms with Gasteiger partial charge in [0.2, 0.25) is 0 Å². The number of thioether (sulfide) groups is 2. The van der Waals surface area contributed by atoms with Crippen LogP contribution in [0.4, 0.5) is 0 Å². The molecule has 1 N–H and O–H groups in total. The van der Waals surface area contributed by atoms with Crippen molar-refractivity contribution in [2.75, 3.05) is 12.5 Å². The van der Waals surface area contributed by atoms with Crippen molar-refractivity contribution < 1.29 is 9.90 Å². The van der Waals surface area contributed by atoms with Crippen LogP contribution < -0.4 is 0 Å². The first-order valence-electron chi connectivity index (χ1n) is 5.35. The molecule has 0 aliphatic rings. The molecule has 0 saturated carbocycles. The van der Waals surface area contributed by atoms with Gasteiger partial charge >= 0.3 is 5.97 Å². The van der Waals surface area contributed by atoms with Gasteiger partial charge in [-0.3, -0.25) is 4.79 Å². The lowest BCUT2D eigenvalue weighted by Gasteiger charge is -2.21. The molecule has 0 unspecified atom stereocenters. The van der Waals surface area contributed by atoms with Crippen LogP contribution in [0.3, 0.4) is 0 Å². The Morgan fingerprint density at radius 2 is 1.94 bits per heavy atom. The highest BCUT2D eigenvalue weighted by Gasteiger charge is 2.28. The van der Waals surface area contributed by atoms with E-state index in [1.807, 2.05) is 24.6 Å². The molecule has 2 nitrogen and oxygen atoms in total. The summed E-state index contributed by atoms with van der Waals surface area (Å²) in [7, 11) is 0. The van der Waals surface area contributed by atoms with Crippen LogP contribution in [0.5, 0.6) is 0 Å². The van der Waals surface area contributed by atoms with Crippen molar-refractivity contribution in [3.8, 4) is 0 Å². The smallest absolute Gasteiger partial charge is 0.309 e. The molecule has 17 heavy (non-hydrogen) atoms. The fourth-order valence-corrected chi connectivity index (χ4v) is 3.35. The Morgan fingerprint density at radius 1 is 1.29 bits per heavy atom. The third kappa shape index (κ3) is 3.42. The van der Waals surface area contributed by atoms with Crippen LogP contribution in [0.1, 0.15) is 19.4 Å². The number of aliphatic carboxylic acids is 1. The van der Waals surface area contributed by atoms with Gasteiger partial charge in [0.05, 0.1) is 5.41 Å². The third-order valence-electron chi connectivity index (χ3n) is 2.70. The maximum atomic E-state index is 11.2. The SMILES string of the molecule is CSc1cccc(CC(C)(C)C(=O)O)c1SC. The highest BCUT2D eigenvalue weighted by molar-refractivity contribution is 8.01. The van der Waals surface area contributed by atoms with Crippen LogP contribution in [-0.2, 0) is 11.2 Å². The topological polar surface area (TPSA) is 37.3 Å². The van der Waals surface area contributed by atoms with Crippen LogP contribution in [0.25, 0.3) is 0 Å². The van der Waals surface area contributed by atoms with Gasteiger partial charge in [-0.15, -0.1) is 23.5 Å². The van der Waals surface area contributed by atoms with Crippen LogP contribution >= 0.6 is 23.5 Å². The molecule has 0 aromatic heterocycles. The van der Waals surface area contributed by atoms with Gasteiger partial charge in [0.25, 0.3) is 0 Å². The highest BCUT2D eigenvalue weighted by Crippen LogP contribution is 2.34. The molecule has 1 rings (SSSR count). The minimum Gasteiger partial charge on any atom is -0.481 e. The summed E-state index contributed by atoms with van der Waals surface area (Å²) in [6, 6.07) is 6.10. The molecule has 0 radical (unpaired) electrons. The first kappa shape index (κ1) is 14.5. The van der Waals surface area contributed by atoms with E-state index in [-0.39, 0.29) is 0 Å². The summed E-state index contributed by atoms with van der Waals surface area (Å²) in [6.07, 6.45) is 4.64. The molecule has 0 fully saturated rings. The van der Waals surface area contributed by atoms with E-state index in [4.69, 9.17) is 0 Å². The first-order chi connectivity index (χ1) is 7.92. The van der Waals surface area contributed by atoms with E-state index in [0.29, 0.717) is 6.42 Å². The second kappa shape index (κ2) is 5.83. The molecule has 0 aliphatic heterocycles. The van der Waals surface area contributed by atoms with Gasteiger partial charge in [0.15, 0.2) is 0 Å². The van der Waals surface area contributed by atoms with Crippen LogP contribution in [0.2, 0.25) is 0 Å². The quantitative estimate of drug-likeness (QED) is 0.826. The fraction of sp³-hybridized carbons (Fsp3) is 0.462. The summed E-state index contributed by atoms with van der Waals surface area (Å²) in [4.78, 5) is 13.6. The summed E-state index contributed by atoms with van der Waals surface area (Å²) in [5.74, 6) is -0.751. The van der Waals surface area contributed by atoms with Gasteiger partial charge in [-0.25, -0.2) is 0 Å². The number of carbonyl (C=O) groups is 1. The second-order valence-corrected chi connectivity index (χ2v) is 6.18. The van der Waals surface area contributed by atoms with Crippen molar-refractivity contribution >= 4 is 29.5 Å². The molecule has 0 heterocycles. The van der Waals surface area contributed by atoms with E-state index >= 15 is 0 Å². The Bertz CT molecular complexity index is 414. The molecule has 0 aliphatic carbocycles. The zero-order valence-corrected chi connectivity index (χ0v) is 12.2. The second-order valence-electron chi connectivity index (χ2n) is 4.52. The maximum Gasteiger partial charge on any atom is 0.309 e. The molecular formula is C13H18O2S2. The molecule has 4 heteroatoms. The van der Waals surface area contributed by atoms with Crippen LogP contribution in [0, 0.1) is 5.41 Å². The number of hydrogen-bond acceptors (Lipinski definition) is 3. The van der Waals surface area contributed by atoms with Gasteiger partial charge in [-0.1, -0.05) is 12.1 Å². The van der Waals surface area contributed by atoms with Gasteiger partial charge in [0, 0.05) is 9.79 Å². The summed E-state index contributed by atoms with van der Waals surface area (Å²) in [5, 5.41) is 9.18. The van der Waals surface area contributed by atoms with Crippen molar-refractivity contribution in [3.63, 3.8) is 0 Å². The lowest BCUT2D eigenvalue weighted by atomic mass is 9.86. The Morgan fingerprint density at radius 3 is 2.41 bits per heavy atom. The van der Waals surface area contributed by atoms with Gasteiger partial charge in [0.1, 0.15) is 0 Å². The average Bonchev–Trinajstić information content (AvgIpc) is 2.27. The standard InChI is InChI=1S/C13H18O2S2/c1-13(2,12(14)15)8-9-6-5-7-10(16-3)11(9)17-4/h5-7H,8H2,1-4H3,(H,14,15). The minimum absolute atomic E-state index is 0.562. The molecular weight excluding hydrogens is 252 g/mol. The van der Waals surface area contributed by atoms with E-state index in [1.165, 1.54) is 9.79 Å². The minimum atomic E-state index is -0.751. The van der Waals surface area contributed by atoms with Crippen LogP contribution in [0.15, 0.2) is 28.0 Å². The lowest BCUT2D eigenvalue weighted by molar-refractivity contribution is -0.146. The van der Waals surface area contributed by atoms with Crippen molar-refractivity contribution in [3.05, 3.63) is 23.8 Å². The first-order valence-corrected chi connectivity index (χ1v) is 7.80. The number of carboxylic acids is 1. The molecule has 0 spiro atoms. The maximum absolute atomic E-state index is 11.2. The molecule has 0 amide bonds. The molecule has 94 valence electrons. The molecule has 0 atom stereocenters. The summed E-state index contributed by atoms with van der Waals surface area (Å²) >= 11 is 3.39. The van der Waals surface area contributed by atoms with E-state index in [1.54, 1.807) is 37.4 Å². The van der Waals surface area contributed by atoms with Gasteiger partial charge < -0.3 is 5.11 Å². The van der Waals surface area contributed by atoms with Gasteiger partial charge in [-0.2, -0.15) is 0 Å². The van der Waals surface area contributed by atoms with Crippen molar-refractivity contribution in [1.29, 1.82) is 0 Å². The molecule has 1 aromatic rings. The summed E-state index contributed by atoms with van der Waals surface area (Å²) in [5.41, 5.74) is 0.401. The number of rotatable bonds is 5. The van der Waals surface area contributed by atoms with Crippen LogP contribution in [-0.4, -0.2) is 23.6 Å². The average molecular weight is 270 g/mol. The zero-order valence-electron chi connectivity index (χ0n) is 10.6. The Hall–Kier alpha value is -0.610. The van der Waals surface area contributed by atoms with E-state index in [9.17, 15) is 9.90 Å². The van der Waals surface area contributed by atoms with Crippen molar-refractivity contribution in [2.45, 2.75) is 30.1 Å². The van der Waals surface area contributed by atoms with Gasteiger partial charge in [-0.05, 0) is 44.4 Å². The fourth-order valence-electron chi connectivity index (χ4n) is 1.64. The largest absolute Gasteiger partial charge is 0.481 e. The monoisotopic (exact) mass is 270 g/mol. The normalized spacial score (nSPS) is 11.5. The number of carboxylic acid groups (broad SMARTS) is 1. The predicted molar refractivity (Wildman–Crippen MR) is 75.1 cm³/mol. The highest BCUT2D eigenvalue weighted by atomic mass is 32.2. The summed E-state index contributed by atoms with van der Waals surface area (Å²) < 4.78 is 0. The summed E-state index contributed by atoms with van der Waals surface area (Å²) in [6.45, 7) is 3.54. The number of hydrogen-bond donors (Lipinski definition) is 1. The van der Waals surface area contributed by atoms with E-state index < -0.39 is 11.4 Å². The Balaban J connectivity index is 3.10.